The van der Waals surface area contributed by atoms with E-state index in [1.807, 2.05) is 38.1 Å². The van der Waals surface area contributed by atoms with Crippen molar-refractivity contribution in [2.45, 2.75) is 13.3 Å². The molecule has 1 aromatic heterocycles. The molecule has 0 fully saturated rings. The molecule has 1 aromatic rings. The van der Waals surface area contributed by atoms with Crippen molar-refractivity contribution in [1.82, 2.24) is 4.98 Å². The monoisotopic (exact) mass is 180 g/mol. The standard InChI is InChI=1S/C10H16N2O/c1-8-9(6-7-13)4-5-10(11-8)12(2)3/h4-5,13H,6-7H2,1-3H3. The molecule has 1 heterocycles. The minimum atomic E-state index is 0.184. The lowest BCUT2D eigenvalue weighted by molar-refractivity contribution is 0.299. The van der Waals surface area contributed by atoms with E-state index in [4.69, 9.17) is 5.11 Å². The van der Waals surface area contributed by atoms with Crippen molar-refractivity contribution in [3.05, 3.63) is 23.4 Å². The third-order valence-electron chi connectivity index (χ3n) is 2.02. The molecular formula is C10H16N2O. The van der Waals surface area contributed by atoms with Gasteiger partial charge in [0.2, 0.25) is 0 Å². The highest BCUT2D eigenvalue weighted by Gasteiger charge is 2.01. The lowest BCUT2D eigenvalue weighted by Crippen LogP contribution is -2.11. The molecule has 0 amide bonds. The van der Waals surface area contributed by atoms with Gasteiger partial charge in [-0.15, -0.1) is 0 Å². The summed E-state index contributed by atoms with van der Waals surface area (Å²) in [6.45, 7) is 2.15. The Morgan fingerprint density at radius 2 is 2.08 bits per heavy atom. The van der Waals surface area contributed by atoms with E-state index in [2.05, 4.69) is 4.98 Å². The summed E-state index contributed by atoms with van der Waals surface area (Å²) in [7, 11) is 3.93. The largest absolute Gasteiger partial charge is 0.396 e. The fourth-order valence-corrected chi connectivity index (χ4v) is 1.21. The lowest BCUT2D eigenvalue weighted by atomic mass is 10.1. The van der Waals surface area contributed by atoms with Crippen molar-refractivity contribution in [3.63, 3.8) is 0 Å². The molecule has 72 valence electrons. The van der Waals surface area contributed by atoms with E-state index in [0.717, 1.165) is 17.1 Å². The van der Waals surface area contributed by atoms with Gasteiger partial charge in [0.15, 0.2) is 0 Å². The number of aliphatic hydroxyl groups is 1. The van der Waals surface area contributed by atoms with Crippen molar-refractivity contribution >= 4 is 5.82 Å². The van der Waals surface area contributed by atoms with Crippen molar-refractivity contribution in [1.29, 1.82) is 0 Å². The first kappa shape index (κ1) is 9.99. The average Bonchev–Trinajstić information content (AvgIpc) is 2.08. The van der Waals surface area contributed by atoms with E-state index in [-0.39, 0.29) is 6.61 Å². The predicted octanol–water partition coefficient (Wildman–Crippen LogP) is 0.991. The van der Waals surface area contributed by atoms with E-state index < -0.39 is 0 Å². The maximum Gasteiger partial charge on any atom is 0.128 e. The van der Waals surface area contributed by atoms with E-state index >= 15 is 0 Å². The molecule has 0 aliphatic carbocycles. The zero-order chi connectivity index (χ0) is 9.84. The minimum Gasteiger partial charge on any atom is -0.396 e. The van der Waals surface area contributed by atoms with Crippen molar-refractivity contribution < 1.29 is 5.11 Å². The first-order valence-electron chi connectivity index (χ1n) is 4.40. The van der Waals surface area contributed by atoms with Crippen molar-refractivity contribution in [3.8, 4) is 0 Å². The Kier molecular flexibility index (Phi) is 3.25. The van der Waals surface area contributed by atoms with E-state index in [0.29, 0.717) is 6.42 Å². The fourth-order valence-electron chi connectivity index (χ4n) is 1.21. The summed E-state index contributed by atoms with van der Waals surface area (Å²) in [6, 6.07) is 3.99. The first-order chi connectivity index (χ1) is 6.15. The van der Waals surface area contributed by atoms with Crippen LogP contribution in [0.5, 0.6) is 0 Å². The molecule has 1 N–H and O–H groups in total. The third kappa shape index (κ3) is 2.42. The van der Waals surface area contributed by atoms with Crippen molar-refractivity contribution in [2.75, 3.05) is 25.6 Å². The van der Waals surface area contributed by atoms with Crippen LogP contribution in [0, 0.1) is 6.92 Å². The summed E-state index contributed by atoms with van der Waals surface area (Å²) in [5.74, 6) is 0.958. The van der Waals surface area contributed by atoms with Gasteiger partial charge in [-0.25, -0.2) is 4.98 Å². The van der Waals surface area contributed by atoms with Crippen LogP contribution in [0.25, 0.3) is 0 Å². The highest BCUT2D eigenvalue weighted by Crippen LogP contribution is 2.12. The fraction of sp³-hybridized carbons (Fsp3) is 0.500. The number of nitrogens with zero attached hydrogens (tertiary/aromatic N) is 2. The Labute approximate surface area is 79.0 Å². The molecule has 0 aromatic carbocycles. The van der Waals surface area contributed by atoms with Crippen LogP contribution in [-0.2, 0) is 6.42 Å². The van der Waals surface area contributed by atoms with Crippen LogP contribution >= 0.6 is 0 Å². The molecular weight excluding hydrogens is 164 g/mol. The highest BCUT2D eigenvalue weighted by molar-refractivity contribution is 5.39. The van der Waals surface area contributed by atoms with Crippen LogP contribution in [0.3, 0.4) is 0 Å². The molecule has 0 bridgehead atoms. The molecule has 3 nitrogen and oxygen atoms in total. The Hall–Kier alpha value is -1.09. The maximum absolute atomic E-state index is 8.78. The molecule has 0 radical (unpaired) electrons. The van der Waals surface area contributed by atoms with Gasteiger partial charge >= 0.3 is 0 Å². The quantitative estimate of drug-likeness (QED) is 0.753. The summed E-state index contributed by atoms with van der Waals surface area (Å²) in [5, 5.41) is 8.78. The van der Waals surface area contributed by atoms with Crippen LogP contribution in [0.1, 0.15) is 11.3 Å². The van der Waals surface area contributed by atoms with Gasteiger partial charge in [0.1, 0.15) is 5.82 Å². The average molecular weight is 180 g/mol. The number of rotatable bonds is 3. The summed E-state index contributed by atoms with van der Waals surface area (Å²) in [4.78, 5) is 6.37. The van der Waals surface area contributed by atoms with Crippen LogP contribution in [0.2, 0.25) is 0 Å². The van der Waals surface area contributed by atoms with Gasteiger partial charge < -0.3 is 10.0 Å². The SMILES string of the molecule is Cc1nc(N(C)C)ccc1CCO. The zero-order valence-corrected chi connectivity index (χ0v) is 8.41. The lowest BCUT2D eigenvalue weighted by Gasteiger charge is -2.13. The topological polar surface area (TPSA) is 36.4 Å². The van der Waals surface area contributed by atoms with E-state index in [1.54, 1.807) is 0 Å². The van der Waals surface area contributed by atoms with Crippen LogP contribution < -0.4 is 4.90 Å². The van der Waals surface area contributed by atoms with Gasteiger partial charge in [-0.3, -0.25) is 0 Å². The molecule has 0 aliphatic rings. The maximum atomic E-state index is 8.78. The van der Waals surface area contributed by atoms with Gasteiger partial charge in [-0.1, -0.05) is 6.07 Å². The molecule has 1 rings (SSSR count). The smallest absolute Gasteiger partial charge is 0.128 e. The van der Waals surface area contributed by atoms with Gasteiger partial charge in [0.05, 0.1) is 0 Å². The zero-order valence-electron chi connectivity index (χ0n) is 8.41. The second kappa shape index (κ2) is 4.23. The molecule has 0 aliphatic heterocycles. The van der Waals surface area contributed by atoms with Crippen LogP contribution in [-0.4, -0.2) is 30.8 Å². The molecule has 0 atom stereocenters. The van der Waals surface area contributed by atoms with Crippen LogP contribution in [0.15, 0.2) is 12.1 Å². The van der Waals surface area contributed by atoms with E-state index in [1.165, 1.54) is 0 Å². The normalized spacial score (nSPS) is 10.2. The summed E-state index contributed by atoms with van der Waals surface area (Å²) in [5.41, 5.74) is 2.12. The summed E-state index contributed by atoms with van der Waals surface area (Å²) < 4.78 is 0. The highest BCUT2D eigenvalue weighted by atomic mass is 16.2. The van der Waals surface area contributed by atoms with Gasteiger partial charge in [-0.05, 0) is 25.0 Å². The Bertz CT molecular complexity index is 284. The Morgan fingerprint density at radius 1 is 1.38 bits per heavy atom. The number of pyridine rings is 1. The molecule has 0 saturated carbocycles. The molecule has 13 heavy (non-hydrogen) atoms. The number of aryl methyl sites for hydroxylation is 1. The Morgan fingerprint density at radius 3 is 2.54 bits per heavy atom. The predicted molar refractivity (Wildman–Crippen MR) is 54.1 cm³/mol. The van der Waals surface area contributed by atoms with E-state index in [9.17, 15) is 0 Å². The molecule has 0 unspecified atom stereocenters. The number of aliphatic hydroxyl groups excluding tert-OH is 1. The van der Waals surface area contributed by atoms with Gasteiger partial charge in [-0.2, -0.15) is 0 Å². The van der Waals surface area contributed by atoms with Crippen LogP contribution in [0.4, 0.5) is 5.82 Å². The molecule has 0 saturated heterocycles. The number of hydrogen-bond donors (Lipinski definition) is 1. The van der Waals surface area contributed by atoms with Gasteiger partial charge in [0.25, 0.3) is 0 Å². The third-order valence-corrected chi connectivity index (χ3v) is 2.02. The van der Waals surface area contributed by atoms with Crippen molar-refractivity contribution in [2.24, 2.45) is 0 Å². The summed E-state index contributed by atoms with van der Waals surface area (Å²) >= 11 is 0. The minimum absolute atomic E-state index is 0.184. The Balaban J connectivity index is 2.92. The second-order valence-corrected chi connectivity index (χ2v) is 3.28. The summed E-state index contributed by atoms with van der Waals surface area (Å²) in [6.07, 6.45) is 0.687. The number of aromatic nitrogens is 1. The molecule has 0 spiro atoms. The first-order valence-corrected chi connectivity index (χ1v) is 4.40. The number of anilines is 1. The molecule has 3 heteroatoms. The number of hydrogen-bond acceptors (Lipinski definition) is 3. The van der Waals surface area contributed by atoms with Gasteiger partial charge in [0, 0.05) is 26.4 Å². The second-order valence-electron chi connectivity index (χ2n) is 3.28.